The van der Waals surface area contributed by atoms with Crippen LogP contribution >= 0.6 is 23.4 Å². The van der Waals surface area contributed by atoms with Crippen LogP contribution in [0, 0.1) is 27.4 Å². The van der Waals surface area contributed by atoms with Crippen LogP contribution in [0.5, 0.6) is 11.5 Å². The Morgan fingerprint density at radius 3 is 1.94 bits per heavy atom. The first-order valence-corrected chi connectivity index (χ1v) is 18.3. The van der Waals surface area contributed by atoms with E-state index in [-0.39, 0.29) is 50.7 Å². The molecule has 0 fully saturated rings. The average Bonchev–Trinajstić information content (AvgIpc) is 3.21. The smallest absolute Gasteiger partial charge is 0.246 e. The summed E-state index contributed by atoms with van der Waals surface area (Å²) < 4.78 is 166. The van der Waals surface area contributed by atoms with Crippen molar-refractivity contribution >= 4 is 34.8 Å². The van der Waals surface area contributed by atoms with Gasteiger partial charge in [-0.15, -0.1) is 11.8 Å². The summed E-state index contributed by atoms with van der Waals surface area (Å²) in [7, 11) is 0. The standard InChI is InChI=1S/C47H45BOS2/c1-28-24-26-32(30(3)42(28)34-16-14-19-37-44(34)49-40-22-12-10-18-36(40)46(37,5)6)33-27-25-29(2)43(31(33)4)35-17-15-20-38-45(35)51-48(9)39-21-11-13-23-41(39)50-47(38,7)8/h10-27H,1-9H3/i1D3,2D3,3D3,4D3,5D3,6D3. The first-order valence-electron chi connectivity index (χ1n) is 25.6. The van der Waals surface area contributed by atoms with Gasteiger partial charge in [0.1, 0.15) is 11.5 Å². The van der Waals surface area contributed by atoms with Gasteiger partial charge < -0.3 is 4.74 Å². The van der Waals surface area contributed by atoms with Crippen LogP contribution in [-0.4, -0.2) is 5.99 Å². The number of hydrogen-bond acceptors (Lipinski definition) is 3. The van der Waals surface area contributed by atoms with E-state index in [0.717, 1.165) is 22.0 Å². The zero-order chi connectivity index (χ0) is 50.8. The van der Waals surface area contributed by atoms with Crippen molar-refractivity contribution in [3.05, 3.63) is 148 Å². The van der Waals surface area contributed by atoms with Gasteiger partial charge in [0, 0.05) is 61.3 Å². The molecular formula is C47H45BOS2. The Morgan fingerprint density at radius 1 is 0.608 bits per heavy atom. The van der Waals surface area contributed by atoms with E-state index in [1.165, 1.54) is 72.3 Å². The van der Waals surface area contributed by atoms with Crippen LogP contribution in [0.15, 0.2) is 119 Å². The van der Waals surface area contributed by atoms with Crippen LogP contribution in [0.25, 0.3) is 33.4 Å². The van der Waals surface area contributed by atoms with Gasteiger partial charge in [0.2, 0.25) is 5.99 Å². The van der Waals surface area contributed by atoms with E-state index in [2.05, 4.69) is 0 Å². The summed E-state index contributed by atoms with van der Waals surface area (Å²) in [5.41, 5.74) is -4.62. The summed E-state index contributed by atoms with van der Waals surface area (Å²) >= 11 is 3.07. The van der Waals surface area contributed by atoms with Crippen molar-refractivity contribution in [2.75, 3.05) is 0 Å². The van der Waals surface area contributed by atoms with Crippen molar-refractivity contribution in [1.29, 1.82) is 0 Å². The summed E-state index contributed by atoms with van der Waals surface area (Å²) in [6, 6.07) is 27.6. The second-order valence-electron chi connectivity index (χ2n) is 13.4. The molecule has 2 heterocycles. The van der Waals surface area contributed by atoms with Crippen molar-refractivity contribution < 1.29 is 29.4 Å². The molecule has 0 saturated heterocycles. The van der Waals surface area contributed by atoms with E-state index in [4.69, 9.17) is 25.3 Å². The number of thioether (sulfide) groups is 1. The highest BCUT2D eigenvalue weighted by atomic mass is 32.2. The topological polar surface area (TPSA) is 9.23 Å². The van der Waals surface area contributed by atoms with Gasteiger partial charge in [-0.3, -0.25) is 0 Å². The SMILES string of the molecule is [2H]C([2H])([2H])c1ccc(-c2ccc(C([2H])([2H])[2H])c(-c3cccc4c3SB(C)c3ccccc3SC4(C)C)c2C([2H])([2H])[2H])c(C([2H])([2H])[2H])c1-c1cccc2c1Oc1ccccc1C2(C([2H])([2H])[2H])C([2H])([2H])[2H]. The lowest BCUT2D eigenvalue weighted by atomic mass is 9.71. The van der Waals surface area contributed by atoms with E-state index in [9.17, 15) is 4.11 Å². The monoisotopic (exact) mass is 718 g/mol. The van der Waals surface area contributed by atoms with E-state index in [0.29, 0.717) is 10.5 Å². The Bertz CT molecular complexity index is 3000. The maximum absolute atomic E-state index is 9.21. The lowest BCUT2D eigenvalue weighted by Crippen LogP contribution is -2.29. The molecule has 6 aromatic rings. The lowest BCUT2D eigenvalue weighted by Gasteiger charge is -2.35. The molecule has 0 radical (unpaired) electrons. The molecule has 6 aromatic carbocycles. The average molecular weight is 719 g/mol. The van der Waals surface area contributed by atoms with Crippen molar-refractivity contribution in [2.45, 2.75) is 81.7 Å². The van der Waals surface area contributed by atoms with Gasteiger partial charge >= 0.3 is 0 Å². The van der Waals surface area contributed by atoms with Gasteiger partial charge in [0.05, 0.1) is 0 Å². The third kappa shape index (κ3) is 5.49. The van der Waals surface area contributed by atoms with E-state index in [1.54, 1.807) is 23.9 Å². The minimum absolute atomic E-state index is 0.159. The predicted molar refractivity (Wildman–Crippen MR) is 223 cm³/mol. The van der Waals surface area contributed by atoms with Crippen LogP contribution in [0.3, 0.4) is 0 Å². The molecule has 0 atom stereocenters. The third-order valence-electron chi connectivity index (χ3n) is 9.84. The zero-order valence-corrected chi connectivity index (χ0v) is 29.8. The van der Waals surface area contributed by atoms with Crippen LogP contribution in [-0.2, 0) is 10.2 Å². The summed E-state index contributed by atoms with van der Waals surface area (Å²) in [5, 5.41) is 0. The number of ether oxygens (including phenoxy) is 1. The van der Waals surface area contributed by atoms with Crippen molar-refractivity contribution in [1.82, 2.24) is 0 Å². The van der Waals surface area contributed by atoms with Gasteiger partial charge in [0.25, 0.3) is 0 Å². The molecule has 254 valence electrons. The number of fused-ring (bicyclic) bond motifs is 4. The fourth-order valence-electron chi connectivity index (χ4n) is 7.29. The van der Waals surface area contributed by atoms with E-state index >= 15 is 0 Å². The molecule has 0 aromatic heterocycles. The highest BCUT2D eigenvalue weighted by Gasteiger charge is 2.36. The highest BCUT2D eigenvalue weighted by molar-refractivity contribution is 8.27. The fourth-order valence-corrected chi connectivity index (χ4v) is 10.2. The second-order valence-corrected chi connectivity index (χ2v) is 16.5. The molecule has 0 spiro atoms. The second kappa shape index (κ2) is 12.5. The number of rotatable bonds is 3. The van der Waals surface area contributed by atoms with Crippen LogP contribution in [0.1, 0.15) is 91.2 Å². The first kappa shape index (κ1) is 19.1. The molecule has 51 heavy (non-hydrogen) atoms. The van der Waals surface area contributed by atoms with Crippen LogP contribution < -0.4 is 10.2 Å². The molecule has 0 saturated carbocycles. The van der Waals surface area contributed by atoms with Crippen molar-refractivity contribution in [2.24, 2.45) is 0 Å². The number of benzene rings is 6. The Balaban J connectivity index is 1.52. The zero-order valence-electron chi connectivity index (χ0n) is 46.2. The molecule has 2 aliphatic rings. The normalized spacial score (nSPS) is 22.1. The quantitative estimate of drug-likeness (QED) is 0.169. The summed E-state index contributed by atoms with van der Waals surface area (Å²) in [4.78, 5) is 1.68. The lowest BCUT2D eigenvalue weighted by molar-refractivity contribution is 0.419. The Kier molecular flexibility index (Phi) is 4.69. The Hall–Kier alpha value is -4.12. The minimum Gasteiger partial charge on any atom is -0.456 e. The van der Waals surface area contributed by atoms with E-state index < -0.39 is 79.3 Å². The maximum Gasteiger partial charge on any atom is 0.246 e. The molecule has 0 bridgehead atoms. The molecule has 8 rings (SSSR count). The molecule has 2 aliphatic heterocycles. The summed E-state index contributed by atoms with van der Waals surface area (Å²) in [5.74, 6) is -0.781. The maximum atomic E-state index is 9.21. The van der Waals surface area contributed by atoms with Crippen LogP contribution in [0.4, 0.5) is 0 Å². The Morgan fingerprint density at radius 2 is 1.24 bits per heavy atom. The summed E-state index contributed by atoms with van der Waals surface area (Å²) in [6.45, 7) is -12.9. The Labute approximate surface area is 338 Å². The molecule has 4 heteroatoms. The molecular weight excluding hydrogens is 655 g/mol. The van der Waals surface area contributed by atoms with Gasteiger partial charge in [0.15, 0.2) is 0 Å². The number of hydrogen-bond donors (Lipinski definition) is 0. The largest absolute Gasteiger partial charge is 0.456 e. The van der Waals surface area contributed by atoms with Gasteiger partial charge in [-0.1, -0.05) is 123 Å². The van der Waals surface area contributed by atoms with Gasteiger partial charge in [-0.2, -0.15) is 11.6 Å². The number of para-hydroxylation sites is 2. The fraction of sp³-hybridized carbons (Fsp3) is 0.234. The van der Waals surface area contributed by atoms with E-state index in [1.807, 2.05) is 51.0 Å². The van der Waals surface area contributed by atoms with Crippen LogP contribution in [0.2, 0.25) is 6.82 Å². The molecule has 0 aliphatic carbocycles. The molecule has 0 amide bonds. The predicted octanol–water partition coefficient (Wildman–Crippen LogP) is 13.3. The molecule has 1 nitrogen and oxygen atoms in total. The van der Waals surface area contributed by atoms with Crippen molar-refractivity contribution in [3.63, 3.8) is 0 Å². The number of aryl methyl sites for hydroxylation is 2. The first-order chi connectivity index (χ1) is 31.7. The third-order valence-corrected chi connectivity index (χ3v) is 12.4. The minimum atomic E-state index is -3.29. The van der Waals surface area contributed by atoms with Gasteiger partial charge in [-0.25, -0.2) is 0 Å². The highest BCUT2D eigenvalue weighted by Crippen LogP contribution is 2.54. The molecule has 0 N–H and O–H groups in total. The molecule has 0 unspecified atom stereocenters. The van der Waals surface area contributed by atoms with Crippen molar-refractivity contribution in [3.8, 4) is 44.9 Å². The summed E-state index contributed by atoms with van der Waals surface area (Å²) in [6.07, 6.45) is 0. The van der Waals surface area contributed by atoms with Gasteiger partial charge in [-0.05, 0) is 109 Å².